The first kappa shape index (κ1) is 9.85. The van der Waals surface area contributed by atoms with Gasteiger partial charge in [-0.25, -0.2) is 5.73 Å². The second-order valence-corrected chi connectivity index (χ2v) is 2.75. The predicted octanol–water partition coefficient (Wildman–Crippen LogP) is -2.93. The van der Waals surface area contributed by atoms with Crippen LogP contribution in [0.5, 0.6) is 0 Å². The molecule has 0 aliphatic carbocycles. The molecule has 5 N–H and O–H groups in total. The van der Waals surface area contributed by atoms with Crippen molar-refractivity contribution in [3.63, 3.8) is 0 Å². The molecular formula is C6H12NO5. The molecule has 5 unspecified atom stereocenters. The highest BCUT2D eigenvalue weighted by molar-refractivity contribution is 4.90. The van der Waals surface area contributed by atoms with E-state index in [1.54, 1.807) is 0 Å². The lowest BCUT2D eigenvalue weighted by Crippen LogP contribution is -2.59. The summed E-state index contributed by atoms with van der Waals surface area (Å²) >= 11 is 0. The standard InChI is InChI=1S/C6H12NO5/c7-3-5(10)4(9)2(1-8)12-6(3)11/h2-11H,1H2. The largest absolute Gasteiger partial charge is 0.394 e. The van der Waals surface area contributed by atoms with E-state index >= 15 is 0 Å². The van der Waals surface area contributed by atoms with Crippen LogP contribution in [0.3, 0.4) is 0 Å². The second-order valence-electron chi connectivity index (χ2n) is 2.75. The average molecular weight is 178 g/mol. The monoisotopic (exact) mass is 178 g/mol. The molecule has 0 aromatic heterocycles. The van der Waals surface area contributed by atoms with Gasteiger partial charge in [-0.3, -0.25) is 0 Å². The molecule has 1 aliphatic heterocycles. The van der Waals surface area contributed by atoms with Gasteiger partial charge in [0.15, 0.2) is 6.29 Å². The van der Waals surface area contributed by atoms with E-state index in [9.17, 15) is 0 Å². The van der Waals surface area contributed by atoms with Gasteiger partial charge >= 0.3 is 0 Å². The third-order valence-corrected chi connectivity index (χ3v) is 1.90. The Kier molecular flexibility index (Phi) is 2.99. The summed E-state index contributed by atoms with van der Waals surface area (Å²) in [6.45, 7) is -0.498. The quantitative estimate of drug-likeness (QED) is 0.343. The molecule has 0 aromatic rings. The first-order valence-corrected chi connectivity index (χ1v) is 3.59. The van der Waals surface area contributed by atoms with E-state index in [0.29, 0.717) is 0 Å². The van der Waals surface area contributed by atoms with Crippen LogP contribution in [0.15, 0.2) is 0 Å². The van der Waals surface area contributed by atoms with Crippen LogP contribution in [-0.4, -0.2) is 57.7 Å². The van der Waals surface area contributed by atoms with Crippen LogP contribution in [-0.2, 0) is 4.74 Å². The molecule has 1 rings (SSSR count). The van der Waals surface area contributed by atoms with Gasteiger partial charge < -0.3 is 25.2 Å². The van der Waals surface area contributed by atoms with Gasteiger partial charge in [-0.05, 0) is 0 Å². The van der Waals surface area contributed by atoms with Crippen LogP contribution in [0.1, 0.15) is 0 Å². The third-order valence-electron chi connectivity index (χ3n) is 1.90. The number of nitrogens with one attached hydrogen (secondary N) is 1. The van der Waals surface area contributed by atoms with Crippen molar-refractivity contribution in [2.75, 3.05) is 6.61 Å². The van der Waals surface area contributed by atoms with Crippen LogP contribution >= 0.6 is 0 Å². The maximum absolute atomic E-state index is 9.16. The minimum Gasteiger partial charge on any atom is -0.394 e. The molecule has 6 nitrogen and oxygen atoms in total. The first-order chi connectivity index (χ1) is 5.57. The van der Waals surface area contributed by atoms with Crippen LogP contribution < -0.4 is 5.73 Å². The van der Waals surface area contributed by atoms with Gasteiger partial charge in [-0.2, -0.15) is 0 Å². The summed E-state index contributed by atoms with van der Waals surface area (Å²) in [5.41, 5.74) is 7.11. The molecule has 1 saturated heterocycles. The van der Waals surface area contributed by atoms with Gasteiger partial charge in [-0.15, -0.1) is 0 Å². The molecule has 12 heavy (non-hydrogen) atoms. The smallest absolute Gasteiger partial charge is 0.174 e. The lowest BCUT2D eigenvalue weighted by atomic mass is 9.98. The summed E-state index contributed by atoms with van der Waals surface area (Å²) in [7, 11) is 0. The lowest BCUT2D eigenvalue weighted by molar-refractivity contribution is -0.250. The minimum atomic E-state index is -1.46. The van der Waals surface area contributed by atoms with Gasteiger partial charge in [0, 0.05) is 0 Å². The van der Waals surface area contributed by atoms with E-state index in [-0.39, 0.29) is 0 Å². The summed E-state index contributed by atoms with van der Waals surface area (Å²) in [5.74, 6) is 0. The van der Waals surface area contributed by atoms with Crippen molar-refractivity contribution >= 4 is 0 Å². The van der Waals surface area contributed by atoms with Gasteiger partial charge in [-0.1, -0.05) is 0 Å². The number of aliphatic hydroxyl groups excluding tert-OH is 4. The third kappa shape index (κ3) is 1.58. The summed E-state index contributed by atoms with van der Waals surface area (Å²) in [6.07, 6.45) is -5.18. The Hall–Kier alpha value is -0.240. The van der Waals surface area contributed by atoms with Crippen molar-refractivity contribution < 1.29 is 25.2 Å². The molecule has 0 spiro atoms. The molecule has 5 atom stereocenters. The number of hydrogen-bond acceptors (Lipinski definition) is 5. The Labute approximate surface area is 69.2 Å². The number of rotatable bonds is 1. The topological polar surface area (TPSA) is 114 Å². The van der Waals surface area contributed by atoms with Gasteiger partial charge in [0.1, 0.15) is 24.4 Å². The highest BCUT2D eigenvalue weighted by Gasteiger charge is 2.41. The van der Waals surface area contributed by atoms with E-state index in [1.165, 1.54) is 0 Å². The van der Waals surface area contributed by atoms with Crippen LogP contribution in [0.2, 0.25) is 0 Å². The minimum absolute atomic E-state index is 0.498. The van der Waals surface area contributed by atoms with E-state index in [2.05, 4.69) is 4.74 Å². The average Bonchev–Trinajstić information content (AvgIpc) is 2.08. The highest BCUT2D eigenvalue weighted by atomic mass is 16.6. The molecule has 0 aromatic carbocycles. The molecule has 0 saturated carbocycles. The molecular weight excluding hydrogens is 166 g/mol. The maximum atomic E-state index is 9.16. The zero-order chi connectivity index (χ0) is 9.30. The molecule has 6 heteroatoms. The Bertz CT molecular complexity index is 150. The van der Waals surface area contributed by atoms with Crippen molar-refractivity contribution in [2.45, 2.75) is 30.6 Å². The predicted molar refractivity (Wildman–Crippen MR) is 36.9 cm³/mol. The summed E-state index contributed by atoms with van der Waals surface area (Å²) in [6, 6.07) is -1.29. The van der Waals surface area contributed by atoms with Crippen molar-refractivity contribution in [3.8, 4) is 0 Å². The first-order valence-electron chi connectivity index (χ1n) is 3.59. The Balaban J connectivity index is 2.63. The van der Waals surface area contributed by atoms with E-state index in [4.69, 9.17) is 26.2 Å². The fraction of sp³-hybridized carbons (Fsp3) is 1.00. The van der Waals surface area contributed by atoms with Crippen molar-refractivity contribution in [1.29, 1.82) is 0 Å². The maximum Gasteiger partial charge on any atom is 0.174 e. The molecule has 1 fully saturated rings. The van der Waals surface area contributed by atoms with E-state index in [1.807, 2.05) is 0 Å². The summed E-state index contributed by atoms with van der Waals surface area (Å²) < 4.78 is 4.64. The molecule has 1 heterocycles. The summed E-state index contributed by atoms with van der Waals surface area (Å²) in [4.78, 5) is 0. The number of ether oxygens (including phenoxy) is 1. The van der Waals surface area contributed by atoms with Gasteiger partial charge in [0.05, 0.1) is 6.61 Å². The van der Waals surface area contributed by atoms with Gasteiger partial charge in [0.2, 0.25) is 0 Å². The molecule has 71 valence electrons. The SMILES string of the molecule is [NH]C1C(O)OC(CO)C(O)C1O. The van der Waals surface area contributed by atoms with Crippen LogP contribution in [0, 0.1) is 0 Å². The van der Waals surface area contributed by atoms with Crippen molar-refractivity contribution in [1.82, 2.24) is 5.73 Å². The Morgan fingerprint density at radius 1 is 1.17 bits per heavy atom. The van der Waals surface area contributed by atoms with E-state index < -0.39 is 37.3 Å². The van der Waals surface area contributed by atoms with Crippen LogP contribution in [0.25, 0.3) is 0 Å². The van der Waals surface area contributed by atoms with Crippen LogP contribution in [0.4, 0.5) is 0 Å². The zero-order valence-corrected chi connectivity index (χ0v) is 6.29. The number of aliphatic hydroxyl groups is 4. The fourth-order valence-electron chi connectivity index (χ4n) is 1.10. The summed E-state index contributed by atoms with van der Waals surface area (Å²) in [5, 5.41) is 35.9. The molecule has 1 radical (unpaired) electrons. The Morgan fingerprint density at radius 3 is 2.25 bits per heavy atom. The second kappa shape index (κ2) is 3.65. The molecule has 1 aliphatic rings. The van der Waals surface area contributed by atoms with E-state index in [0.717, 1.165) is 0 Å². The zero-order valence-electron chi connectivity index (χ0n) is 6.29. The fourth-order valence-corrected chi connectivity index (χ4v) is 1.10. The van der Waals surface area contributed by atoms with Crippen molar-refractivity contribution in [3.05, 3.63) is 0 Å². The van der Waals surface area contributed by atoms with Crippen molar-refractivity contribution in [2.24, 2.45) is 0 Å². The molecule has 0 bridgehead atoms. The van der Waals surface area contributed by atoms with Gasteiger partial charge in [0.25, 0.3) is 0 Å². The Morgan fingerprint density at radius 2 is 1.75 bits per heavy atom. The molecule has 0 amide bonds. The normalized spacial score (nSPS) is 49.2. The number of hydrogen-bond donors (Lipinski definition) is 4. The highest BCUT2D eigenvalue weighted by Crippen LogP contribution is 2.18. The lowest BCUT2D eigenvalue weighted by Gasteiger charge is -2.37.